The highest BCUT2D eigenvalue weighted by molar-refractivity contribution is 5.91. The zero-order valence-electron chi connectivity index (χ0n) is 16.7. The summed E-state index contributed by atoms with van der Waals surface area (Å²) in [5, 5.41) is 18.3. The van der Waals surface area contributed by atoms with Gasteiger partial charge in [0.05, 0.1) is 18.4 Å². The largest absolute Gasteiger partial charge is 0.484 e. The summed E-state index contributed by atoms with van der Waals surface area (Å²) in [6.45, 7) is 4.42. The van der Waals surface area contributed by atoms with Crippen LogP contribution in [0.15, 0.2) is 61.1 Å². The van der Waals surface area contributed by atoms with Crippen LogP contribution in [-0.4, -0.2) is 42.5 Å². The summed E-state index contributed by atoms with van der Waals surface area (Å²) < 4.78 is 8.92. The number of carbonyl (C=O) groups is 1. The number of hydrogen-bond acceptors (Lipinski definition) is 6. The van der Waals surface area contributed by atoms with Crippen molar-refractivity contribution in [1.82, 2.24) is 30.0 Å². The van der Waals surface area contributed by atoms with Gasteiger partial charge in [0.2, 0.25) is 0 Å². The zero-order chi connectivity index (χ0) is 20.9. The van der Waals surface area contributed by atoms with Crippen LogP contribution in [-0.2, 0) is 11.3 Å². The monoisotopic (exact) mass is 403 g/mol. The van der Waals surface area contributed by atoms with E-state index in [1.54, 1.807) is 23.0 Å². The number of hydrogen-bond donors (Lipinski definition) is 1. The maximum Gasteiger partial charge on any atom is 0.263 e. The number of tetrazole rings is 1. The predicted octanol–water partition coefficient (Wildman–Crippen LogP) is 2.54. The molecule has 0 fully saturated rings. The second kappa shape index (κ2) is 8.56. The normalized spacial score (nSPS) is 10.7. The average molecular weight is 403 g/mol. The number of nitrogens with one attached hydrogen (secondary N) is 1. The molecular formula is C21H21N7O2. The summed E-state index contributed by atoms with van der Waals surface area (Å²) >= 11 is 0. The quantitative estimate of drug-likeness (QED) is 0.509. The van der Waals surface area contributed by atoms with Gasteiger partial charge in [0.25, 0.3) is 5.91 Å². The number of rotatable bonds is 7. The molecule has 1 N–H and O–H groups in total. The van der Waals surface area contributed by atoms with Crippen molar-refractivity contribution < 1.29 is 9.53 Å². The van der Waals surface area contributed by atoms with Crippen LogP contribution < -0.4 is 10.1 Å². The topological polar surface area (TPSA) is 99.8 Å². The second-order valence-corrected chi connectivity index (χ2v) is 6.91. The van der Waals surface area contributed by atoms with Crippen molar-refractivity contribution in [2.75, 3.05) is 11.9 Å². The summed E-state index contributed by atoms with van der Waals surface area (Å²) in [6.07, 6.45) is 3.25. The molecule has 152 valence electrons. The van der Waals surface area contributed by atoms with Crippen LogP contribution in [0.25, 0.3) is 5.69 Å². The highest BCUT2D eigenvalue weighted by atomic mass is 16.5. The zero-order valence-corrected chi connectivity index (χ0v) is 16.7. The van der Waals surface area contributed by atoms with Gasteiger partial charge in [0, 0.05) is 5.56 Å². The summed E-state index contributed by atoms with van der Waals surface area (Å²) in [7, 11) is 0. The first-order valence-electron chi connectivity index (χ1n) is 9.42. The molecule has 30 heavy (non-hydrogen) atoms. The van der Waals surface area contributed by atoms with Crippen molar-refractivity contribution in [1.29, 1.82) is 0 Å². The van der Waals surface area contributed by atoms with Crippen LogP contribution in [0.1, 0.15) is 16.7 Å². The third kappa shape index (κ3) is 4.52. The van der Waals surface area contributed by atoms with Crippen LogP contribution in [0.3, 0.4) is 0 Å². The Morgan fingerprint density at radius 3 is 2.70 bits per heavy atom. The van der Waals surface area contributed by atoms with Gasteiger partial charge in [-0.2, -0.15) is 5.10 Å². The first kappa shape index (κ1) is 19.3. The number of benzene rings is 2. The van der Waals surface area contributed by atoms with Crippen molar-refractivity contribution in [3.63, 3.8) is 0 Å². The van der Waals surface area contributed by atoms with Gasteiger partial charge in [0.15, 0.2) is 6.61 Å². The molecule has 2 heterocycles. The first-order chi connectivity index (χ1) is 14.6. The molecule has 0 atom stereocenters. The Morgan fingerprint density at radius 2 is 1.97 bits per heavy atom. The lowest BCUT2D eigenvalue weighted by molar-refractivity contribution is -0.118. The molecule has 0 aliphatic carbocycles. The molecule has 0 aliphatic rings. The minimum absolute atomic E-state index is 0.112. The summed E-state index contributed by atoms with van der Waals surface area (Å²) in [4.78, 5) is 12.4. The molecule has 0 bridgehead atoms. The van der Waals surface area contributed by atoms with E-state index < -0.39 is 0 Å². The smallest absolute Gasteiger partial charge is 0.263 e. The fourth-order valence-corrected chi connectivity index (χ4v) is 3.04. The van der Waals surface area contributed by atoms with Crippen LogP contribution in [0.5, 0.6) is 5.75 Å². The van der Waals surface area contributed by atoms with Gasteiger partial charge < -0.3 is 10.1 Å². The van der Waals surface area contributed by atoms with E-state index in [1.165, 1.54) is 16.6 Å². The lowest BCUT2D eigenvalue weighted by atomic mass is 10.1. The van der Waals surface area contributed by atoms with E-state index >= 15 is 0 Å². The highest BCUT2D eigenvalue weighted by Gasteiger charge is 2.12. The van der Waals surface area contributed by atoms with Gasteiger partial charge in [-0.05, 0) is 54.1 Å². The van der Waals surface area contributed by atoms with E-state index in [0.717, 1.165) is 16.8 Å². The summed E-state index contributed by atoms with van der Waals surface area (Å²) in [5.74, 6) is 0.986. The fraction of sp³-hybridized carbons (Fsp3) is 0.190. The van der Waals surface area contributed by atoms with Crippen molar-refractivity contribution in [3.8, 4) is 11.4 Å². The minimum atomic E-state index is -0.256. The lowest BCUT2D eigenvalue weighted by Gasteiger charge is -2.12. The van der Waals surface area contributed by atoms with Crippen molar-refractivity contribution in [3.05, 3.63) is 77.7 Å². The summed E-state index contributed by atoms with van der Waals surface area (Å²) in [6, 6.07) is 15.3. The van der Waals surface area contributed by atoms with Crippen LogP contribution in [0.4, 0.5) is 5.82 Å². The van der Waals surface area contributed by atoms with E-state index in [0.29, 0.717) is 18.1 Å². The van der Waals surface area contributed by atoms with Gasteiger partial charge >= 0.3 is 0 Å². The number of amides is 1. The number of carbonyl (C=O) groups excluding carboxylic acids is 1. The molecular weight excluding hydrogens is 382 g/mol. The standard InChI is InChI=1S/C21H21N7O2/c1-15-4-3-5-17(10-15)12-27-21(16(2)11-23-27)24-20(29)13-30-19-8-6-18(7-9-19)28-14-22-25-26-28/h3-11,14H,12-13H2,1-2H3,(H,24,29). The third-order valence-electron chi connectivity index (χ3n) is 4.52. The Labute approximate surface area is 173 Å². The molecule has 0 saturated carbocycles. The van der Waals surface area contributed by atoms with Gasteiger partial charge in [-0.15, -0.1) is 5.10 Å². The molecule has 2 aromatic carbocycles. The van der Waals surface area contributed by atoms with E-state index in [4.69, 9.17) is 4.74 Å². The van der Waals surface area contributed by atoms with Crippen molar-refractivity contribution in [2.24, 2.45) is 0 Å². The SMILES string of the molecule is Cc1cccc(Cn2ncc(C)c2NC(=O)COc2ccc(-n3cnnn3)cc2)c1. The lowest BCUT2D eigenvalue weighted by Crippen LogP contribution is -2.22. The first-order valence-corrected chi connectivity index (χ1v) is 9.42. The average Bonchev–Trinajstić information content (AvgIpc) is 3.39. The molecule has 0 aliphatic heterocycles. The molecule has 4 rings (SSSR count). The third-order valence-corrected chi connectivity index (χ3v) is 4.52. The molecule has 0 radical (unpaired) electrons. The highest BCUT2D eigenvalue weighted by Crippen LogP contribution is 2.17. The number of nitrogens with zero attached hydrogens (tertiary/aromatic N) is 6. The number of aromatic nitrogens is 6. The Morgan fingerprint density at radius 1 is 1.13 bits per heavy atom. The molecule has 9 nitrogen and oxygen atoms in total. The maximum absolute atomic E-state index is 12.4. The molecule has 0 saturated heterocycles. The van der Waals surface area contributed by atoms with E-state index in [-0.39, 0.29) is 12.5 Å². The van der Waals surface area contributed by atoms with Gasteiger partial charge in [0.1, 0.15) is 17.9 Å². The molecule has 2 aromatic heterocycles. The molecule has 0 unspecified atom stereocenters. The van der Waals surface area contributed by atoms with E-state index in [2.05, 4.69) is 32.0 Å². The van der Waals surface area contributed by atoms with Crippen molar-refractivity contribution in [2.45, 2.75) is 20.4 Å². The van der Waals surface area contributed by atoms with Crippen LogP contribution in [0.2, 0.25) is 0 Å². The van der Waals surface area contributed by atoms with Crippen LogP contribution >= 0.6 is 0 Å². The van der Waals surface area contributed by atoms with E-state index in [1.807, 2.05) is 44.2 Å². The summed E-state index contributed by atoms with van der Waals surface area (Å²) in [5.41, 5.74) is 3.99. The maximum atomic E-state index is 12.4. The van der Waals surface area contributed by atoms with Gasteiger partial charge in [-0.25, -0.2) is 9.36 Å². The Balaban J connectivity index is 1.37. The Kier molecular flexibility index (Phi) is 5.51. The number of anilines is 1. The molecule has 9 heteroatoms. The molecule has 1 amide bonds. The second-order valence-electron chi connectivity index (χ2n) is 6.91. The van der Waals surface area contributed by atoms with Gasteiger partial charge in [-0.1, -0.05) is 29.8 Å². The van der Waals surface area contributed by atoms with Crippen LogP contribution in [0, 0.1) is 13.8 Å². The number of aryl methyl sites for hydroxylation is 2. The Bertz CT molecular complexity index is 1130. The van der Waals surface area contributed by atoms with Crippen molar-refractivity contribution >= 4 is 11.7 Å². The minimum Gasteiger partial charge on any atom is -0.484 e. The molecule has 0 spiro atoms. The predicted molar refractivity (Wildman–Crippen MR) is 111 cm³/mol. The Hall–Kier alpha value is -4.01. The number of ether oxygens (including phenoxy) is 1. The van der Waals surface area contributed by atoms with E-state index in [9.17, 15) is 4.79 Å². The fourth-order valence-electron chi connectivity index (χ4n) is 3.04. The molecule has 4 aromatic rings. The van der Waals surface area contributed by atoms with Gasteiger partial charge in [-0.3, -0.25) is 4.79 Å².